The molecule has 4 heterocycles. The Morgan fingerprint density at radius 3 is 3.00 bits per heavy atom. The second-order valence-corrected chi connectivity index (χ2v) is 7.13. The van der Waals surface area contributed by atoms with E-state index in [1.54, 1.807) is 0 Å². The SMILES string of the molecule is Cc1ccc2ccc(OC[C@@H]3CC[C@H](n4ccc5c(N)ncnc54)O3)cc2n1. The minimum absolute atomic E-state index is 0.0304. The Morgan fingerprint density at radius 1 is 1.18 bits per heavy atom. The molecule has 3 aromatic heterocycles. The van der Waals surface area contributed by atoms with Crippen molar-refractivity contribution in [3.63, 3.8) is 0 Å². The molecule has 7 heteroatoms. The molecule has 7 nitrogen and oxygen atoms in total. The van der Waals surface area contributed by atoms with Crippen molar-refractivity contribution >= 4 is 27.8 Å². The highest BCUT2D eigenvalue weighted by Gasteiger charge is 2.28. The zero-order valence-electron chi connectivity index (χ0n) is 15.6. The van der Waals surface area contributed by atoms with Gasteiger partial charge in [-0.2, -0.15) is 0 Å². The van der Waals surface area contributed by atoms with E-state index >= 15 is 0 Å². The quantitative estimate of drug-likeness (QED) is 0.586. The summed E-state index contributed by atoms with van der Waals surface area (Å²) in [4.78, 5) is 13.0. The summed E-state index contributed by atoms with van der Waals surface area (Å²) in [6.45, 7) is 2.49. The van der Waals surface area contributed by atoms with Crippen LogP contribution in [0.15, 0.2) is 48.9 Å². The zero-order valence-corrected chi connectivity index (χ0v) is 15.6. The number of nitrogens with zero attached hydrogens (tertiary/aromatic N) is 4. The highest BCUT2D eigenvalue weighted by atomic mass is 16.6. The summed E-state index contributed by atoms with van der Waals surface area (Å²) in [5.41, 5.74) is 8.67. The lowest BCUT2D eigenvalue weighted by Crippen LogP contribution is -2.18. The van der Waals surface area contributed by atoms with Crippen LogP contribution in [-0.4, -0.2) is 32.2 Å². The average molecular weight is 375 g/mol. The van der Waals surface area contributed by atoms with Gasteiger partial charge in [-0.25, -0.2) is 9.97 Å². The Bertz CT molecular complexity index is 1160. The normalized spacial score (nSPS) is 19.5. The molecule has 0 spiro atoms. The fourth-order valence-corrected chi connectivity index (χ4v) is 3.71. The molecule has 2 atom stereocenters. The molecule has 0 aliphatic carbocycles. The first kappa shape index (κ1) is 16.9. The molecule has 0 bridgehead atoms. The monoisotopic (exact) mass is 375 g/mol. The van der Waals surface area contributed by atoms with Crippen LogP contribution in [-0.2, 0) is 4.74 Å². The molecule has 4 aromatic rings. The summed E-state index contributed by atoms with van der Waals surface area (Å²) < 4.78 is 14.2. The maximum absolute atomic E-state index is 6.20. The number of ether oxygens (including phenoxy) is 2. The molecule has 0 unspecified atom stereocenters. The van der Waals surface area contributed by atoms with E-state index in [-0.39, 0.29) is 12.3 Å². The second kappa shape index (κ2) is 6.76. The van der Waals surface area contributed by atoms with Gasteiger partial charge in [0.1, 0.15) is 36.4 Å². The number of benzene rings is 1. The van der Waals surface area contributed by atoms with Gasteiger partial charge in [-0.1, -0.05) is 6.07 Å². The summed E-state index contributed by atoms with van der Waals surface area (Å²) in [5.74, 6) is 1.30. The standard InChI is InChI=1S/C21H21N5O2/c1-13-2-3-14-4-5-15(10-18(14)25-13)27-11-16-6-7-19(28-16)26-9-8-17-20(22)23-12-24-21(17)26/h2-5,8-10,12,16,19H,6-7,11H2,1H3,(H2,22,23,24)/t16-,19+/m0/s1. The largest absolute Gasteiger partial charge is 0.491 e. The van der Waals surface area contributed by atoms with Gasteiger partial charge in [0.2, 0.25) is 0 Å². The fraction of sp³-hybridized carbons (Fsp3) is 0.286. The minimum Gasteiger partial charge on any atom is -0.491 e. The van der Waals surface area contributed by atoms with E-state index in [0.29, 0.717) is 12.4 Å². The number of pyridine rings is 1. The smallest absolute Gasteiger partial charge is 0.147 e. The van der Waals surface area contributed by atoms with Crippen LogP contribution in [0.2, 0.25) is 0 Å². The number of nitrogen functional groups attached to an aromatic ring is 1. The van der Waals surface area contributed by atoms with Crippen LogP contribution in [0.25, 0.3) is 21.9 Å². The van der Waals surface area contributed by atoms with Crippen molar-refractivity contribution in [3.8, 4) is 5.75 Å². The van der Waals surface area contributed by atoms with Gasteiger partial charge >= 0.3 is 0 Å². The van der Waals surface area contributed by atoms with Crippen LogP contribution < -0.4 is 10.5 Å². The van der Waals surface area contributed by atoms with Crippen molar-refractivity contribution in [3.05, 3.63) is 54.6 Å². The lowest BCUT2D eigenvalue weighted by Gasteiger charge is -2.16. The third-order valence-electron chi connectivity index (χ3n) is 5.17. The number of aromatic nitrogens is 4. The fourth-order valence-electron chi connectivity index (χ4n) is 3.71. The van der Waals surface area contributed by atoms with E-state index in [0.717, 1.165) is 46.2 Å². The van der Waals surface area contributed by atoms with Gasteiger partial charge in [0.05, 0.1) is 17.0 Å². The average Bonchev–Trinajstić information content (AvgIpc) is 3.33. The van der Waals surface area contributed by atoms with Gasteiger partial charge in [-0.3, -0.25) is 4.98 Å². The molecule has 1 aliphatic rings. The van der Waals surface area contributed by atoms with Crippen LogP contribution >= 0.6 is 0 Å². The van der Waals surface area contributed by atoms with Crippen molar-refractivity contribution in [1.29, 1.82) is 0 Å². The lowest BCUT2D eigenvalue weighted by atomic mass is 10.2. The third kappa shape index (κ3) is 3.03. The predicted molar refractivity (Wildman–Crippen MR) is 107 cm³/mol. The number of hydrogen-bond donors (Lipinski definition) is 1. The van der Waals surface area contributed by atoms with Crippen molar-refractivity contribution in [1.82, 2.24) is 19.5 Å². The number of aryl methyl sites for hydroxylation is 1. The number of rotatable bonds is 4. The molecule has 0 radical (unpaired) electrons. The molecule has 1 fully saturated rings. The molecule has 28 heavy (non-hydrogen) atoms. The van der Waals surface area contributed by atoms with E-state index < -0.39 is 0 Å². The minimum atomic E-state index is -0.0682. The highest BCUT2D eigenvalue weighted by molar-refractivity contribution is 5.86. The van der Waals surface area contributed by atoms with Gasteiger partial charge in [-0.05, 0) is 44.0 Å². The molecule has 1 saturated heterocycles. The molecule has 2 N–H and O–H groups in total. The topological polar surface area (TPSA) is 88.1 Å². The summed E-state index contributed by atoms with van der Waals surface area (Å²) in [5, 5.41) is 1.96. The number of hydrogen-bond acceptors (Lipinski definition) is 6. The van der Waals surface area contributed by atoms with Crippen molar-refractivity contribution < 1.29 is 9.47 Å². The molecule has 0 saturated carbocycles. The van der Waals surface area contributed by atoms with Crippen molar-refractivity contribution in [2.24, 2.45) is 0 Å². The maximum atomic E-state index is 6.20. The van der Waals surface area contributed by atoms with Gasteiger partial charge < -0.3 is 19.8 Å². The molecular weight excluding hydrogens is 354 g/mol. The Balaban J connectivity index is 1.27. The van der Waals surface area contributed by atoms with E-state index in [9.17, 15) is 0 Å². The maximum Gasteiger partial charge on any atom is 0.147 e. The zero-order chi connectivity index (χ0) is 19.1. The third-order valence-corrected chi connectivity index (χ3v) is 5.17. The Labute approximate surface area is 162 Å². The first-order valence-electron chi connectivity index (χ1n) is 9.40. The molecular formula is C21H21N5O2. The van der Waals surface area contributed by atoms with E-state index in [2.05, 4.69) is 21.0 Å². The predicted octanol–water partition coefficient (Wildman–Crippen LogP) is 3.63. The van der Waals surface area contributed by atoms with Crippen LogP contribution in [0.1, 0.15) is 24.8 Å². The van der Waals surface area contributed by atoms with Gasteiger partial charge in [0.15, 0.2) is 0 Å². The summed E-state index contributed by atoms with van der Waals surface area (Å²) >= 11 is 0. The molecule has 1 aliphatic heterocycles. The summed E-state index contributed by atoms with van der Waals surface area (Å²) in [6.07, 6.45) is 5.24. The van der Waals surface area contributed by atoms with Gasteiger partial charge in [0, 0.05) is 23.3 Å². The summed E-state index contributed by atoms with van der Waals surface area (Å²) in [7, 11) is 0. The second-order valence-electron chi connectivity index (χ2n) is 7.13. The van der Waals surface area contributed by atoms with Crippen LogP contribution in [0.5, 0.6) is 5.75 Å². The first-order chi connectivity index (χ1) is 13.7. The lowest BCUT2D eigenvalue weighted by molar-refractivity contribution is -0.0156. The van der Waals surface area contributed by atoms with Crippen LogP contribution in [0.3, 0.4) is 0 Å². The Hall–Kier alpha value is -3.19. The van der Waals surface area contributed by atoms with E-state index in [1.165, 1.54) is 6.33 Å². The molecule has 1 aromatic carbocycles. The van der Waals surface area contributed by atoms with Crippen LogP contribution in [0.4, 0.5) is 5.82 Å². The van der Waals surface area contributed by atoms with Crippen molar-refractivity contribution in [2.45, 2.75) is 32.1 Å². The van der Waals surface area contributed by atoms with Crippen LogP contribution in [0, 0.1) is 6.92 Å². The number of nitrogens with two attached hydrogens (primary N) is 1. The van der Waals surface area contributed by atoms with Crippen molar-refractivity contribution in [2.75, 3.05) is 12.3 Å². The molecule has 0 amide bonds. The van der Waals surface area contributed by atoms with Gasteiger partial charge in [-0.15, -0.1) is 0 Å². The molecule has 5 rings (SSSR count). The Morgan fingerprint density at radius 2 is 2.07 bits per heavy atom. The van der Waals surface area contributed by atoms with Gasteiger partial charge in [0.25, 0.3) is 0 Å². The Kier molecular flexibility index (Phi) is 4.09. The highest BCUT2D eigenvalue weighted by Crippen LogP contribution is 2.32. The number of fused-ring (bicyclic) bond motifs is 2. The first-order valence-corrected chi connectivity index (χ1v) is 9.40. The van der Waals surface area contributed by atoms with E-state index in [1.807, 2.05) is 48.0 Å². The number of anilines is 1. The molecule has 142 valence electrons. The van der Waals surface area contributed by atoms with E-state index in [4.69, 9.17) is 15.2 Å². The summed E-state index contributed by atoms with van der Waals surface area (Å²) in [6, 6.07) is 12.0.